The van der Waals surface area contributed by atoms with Crippen molar-refractivity contribution in [3.8, 4) is 22.5 Å². The molecule has 0 unspecified atom stereocenters. The number of nitrogens with zero attached hydrogens (tertiary/aromatic N) is 4. The number of ketones is 1. The third-order valence-electron chi connectivity index (χ3n) is 7.12. The standard InChI is InChI=1S/C33H29FN6O3/c1-21(41)17-22-4-11-29(28(34)18-22)38-33(42)36-26-8-5-23(6-9-26)31-37-30-19-24(25-3-2-12-35-20-25)7-10-27(30)32(39-31)40-13-15-43-16-14-40/h2-12,18-20H,13-17H2,1H3,(H2,36,38,42). The summed E-state index contributed by atoms with van der Waals surface area (Å²) in [7, 11) is 0. The number of morpholine rings is 1. The predicted molar refractivity (Wildman–Crippen MR) is 165 cm³/mol. The number of rotatable bonds is 7. The van der Waals surface area contributed by atoms with Gasteiger partial charge >= 0.3 is 6.03 Å². The molecule has 5 aromatic rings. The van der Waals surface area contributed by atoms with Gasteiger partial charge in [0.1, 0.15) is 17.4 Å². The van der Waals surface area contributed by atoms with E-state index >= 15 is 0 Å². The molecule has 2 aromatic heterocycles. The maximum atomic E-state index is 14.5. The molecule has 0 aliphatic carbocycles. The third kappa shape index (κ3) is 6.49. The Balaban J connectivity index is 1.25. The SMILES string of the molecule is CC(=O)Cc1ccc(NC(=O)Nc2ccc(-c3nc(N4CCOCC4)c4ccc(-c5cccnc5)cc4n3)cc2)c(F)c1. The van der Waals surface area contributed by atoms with Crippen LogP contribution in [0.1, 0.15) is 12.5 Å². The van der Waals surface area contributed by atoms with Crippen molar-refractivity contribution in [3.05, 3.63) is 96.6 Å². The van der Waals surface area contributed by atoms with Crippen LogP contribution in [-0.4, -0.2) is 53.1 Å². The van der Waals surface area contributed by atoms with Gasteiger partial charge in [-0.2, -0.15) is 0 Å². The first-order chi connectivity index (χ1) is 20.9. The maximum absolute atomic E-state index is 14.5. The zero-order chi connectivity index (χ0) is 29.8. The number of nitrogens with one attached hydrogen (secondary N) is 2. The van der Waals surface area contributed by atoms with E-state index in [1.165, 1.54) is 19.1 Å². The average molecular weight is 577 g/mol. The fourth-order valence-corrected chi connectivity index (χ4v) is 5.02. The van der Waals surface area contributed by atoms with Crippen molar-refractivity contribution in [3.63, 3.8) is 0 Å². The lowest BCUT2D eigenvalue weighted by atomic mass is 10.0. The van der Waals surface area contributed by atoms with E-state index in [1.54, 1.807) is 24.4 Å². The van der Waals surface area contributed by atoms with E-state index in [0.29, 0.717) is 30.3 Å². The van der Waals surface area contributed by atoms with Gasteiger partial charge in [0.15, 0.2) is 5.82 Å². The minimum Gasteiger partial charge on any atom is -0.378 e. The van der Waals surface area contributed by atoms with Crippen molar-refractivity contribution >= 4 is 39.9 Å². The number of fused-ring (bicyclic) bond motifs is 1. The molecule has 0 saturated carbocycles. The summed E-state index contributed by atoms with van der Waals surface area (Å²) in [5.41, 5.74) is 4.68. The van der Waals surface area contributed by atoms with Gasteiger partial charge < -0.3 is 20.3 Å². The van der Waals surface area contributed by atoms with Crippen LogP contribution in [0.3, 0.4) is 0 Å². The highest BCUT2D eigenvalue weighted by Gasteiger charge is 2.19. The van der Waals surface area contributed by atoms with Gasteiger partial charge in [0.25, 0.3) is 0 Å². The van der Waals surface area contributed by atoms with Gasteiger partial charge in [-0.05, 0) is 72.6 Å². The minimum absolute atomic E-state index is 0.0206. The zero-order valence-corrected chi connectivity index (χ0v) is 23.5. The lowest BCUT2D eigenvalue weighted by Crippen LogP contribution is -2.37. The normalized spacial score (nSPS) is 13.1. The summed E-state index contributed by atoms with van der Waals surface area (Å²) in [5.74, 6) is 0.725. The summed E-state index contributed by atoms with van der Waals surface area (Å²) in [6.07, 6.45) is 3.71. The average Bonchev–Trinajstić information content (AvgIpc) is 3.02. The fraction of sp³-hybridized carbons (Fsp3) is 0.182. The Bertz CT molecular complexity index is 1790. The quantitative estimate of drug-likeness (QED) is 0.241. The van der Waals surface area contributed by atoms with Gasteiger partial charge in [-0.15, -0.1) is 0 Å². The van der Waals surface area contributed by atoms with Gasteiger partial charge in [-0.3, -0.25) is 9.78 Å². The Morgan fingerprint density at radius 1 is 0.907 bits per heavy atom. The predicted octanol–water partition coefficient (Wildman–Crippen LogP) is 6.11. The number of hydrogen-bond donors (Lipinski definition) is 2. The van der Waals surface area contributed by atoms with Gasteiger partial charge in [0, 0.05) is 54.1 Å². The molecular formula is C33H29FN6O3. The molecule has 2 N–H and O–H groups in total. The van der Waals surface area contributed by atoms with Gasteiger partial charge in [-0.25, -0.2) is 19.2 Å². The molecule has 0 bridgehead atoms. The molecule has 0 atom stereocenters. The summed E-state index contributed by atoms with van der Waals surface area (Å²) < 4.78 is 20.0. The topological polar surface area (TPSA) is 109 Å². The summed E-state index contributed by atoms with van der Waals surface area (Å²) in [5, 5.41) is 6.19. The molecule has 1 saturated heterocycles. The Hall–Kier alpha value is -5.22. The number of hydrogen-bond acceptors (Lipinski definition) is 7. The van der Waals surface area contributed by atoms with Crippen LogP contribution < -0.4 is 15.5 Å². The molecule has 9 nitrogen and oxygen atoms in total. The number of anilines is 3. The second-order valence-electron chi connectivity index (χ2n) is 10.3. The number of aromatic nitrogens is 3. The number of carbonyl (C=O) groups is 2. The Morgan fingerprint density at radius 3 is 2.42 bits per heavy atom. The summed E-state index contributed by atoms with van der Waals surface area (Å²) in [6.45, 7) is 4.16. The van der Waals surface area contributed by atoms with Crippen LogP contribution in [0, 0.1) is 5.82 Å². The highest BCUT2D eigenvalue weighted by molar-refractivity contribution is 6.00. The minimum atomic E-state index is -0.611. The van der Waals surface area contributed by atoms with Crippen LogP contribution in [0.15, 0.2) is 85.2 Å². The zero-order valence-electron chi connectivity index (χ0n) is 23.5. The molecule has 1 aliphatic rings. The fourth-order valence-electron chi connectivity index (χ4n) is 5.02. The van der Waals surface area contributed by atoms with Gasteiger partial charge in [0.05, 0.1) is 24.4 Å². The first-order valence-electron chi connectivity index (χ1n) is 13.9. The number of carbonyl (C=O) groups excluding carboxylic acids is 2. The summed E-state index contributed by atoms with van der Waals surface area (Å²) in [6, 6.07) is 21.0. The molecule has 6 rings (SSSR count). The van der Waals surface area contributed by atoms with Crippen LogP contribution in [0.2, 0.25) is 0 Å². The molecule has 0 radical (unpaired) electrons. The number of Topliss-reactive ketones (excluding diaryl/α,β-unsaturated/α-hetero) is 1. The largest absolute Gasteiger partial charge is 0.378 e. The second kappa shape index (κ2) is 12.3. The van der Waals surface area contributed by atoms with Crippen LogP contribution in [-0.2, 0) is 16.0 Å². The summed E-state index contributed by atoms with van der Waals surface area (Å²) >= 11 is 0. The van der Waals surface area contributed by atoms with Crippen molar-refractivity contribution in [2.45, 2.75) is 13.3 Å². The molecule has 3 heterocycles. The van der Waals surface area contributed by atoms with Crippen molar-refractivity contribution in [2.75, 3.05) is 41.8 Å². The van der Waals surface area contributed by atoms with Crippen molar-refractivity contribution in [1.29, 1.82) is 0 Å². The molecule has 0 spiro atoms. The van der Waals surface area contributed by atoms with Crippen molar-refractivity contribution in [2.24, 2.45) is 0 Å². The highest BCUT2D eigenvalue weighted by Crippen LogP contribution is 2.32. The molecule has 10 heteroatoms. The Morgan fingerprint density at radius 2 is 1.70 bits per heavy atom. The van der Waals surface area contributed by atoms with Gasteiger partial charge in [0.2, 0.25) is 0 Å². The third-order valence-corrected chi connectivity index (χ3v) is 7.12. The van der Waals surface area contributed by atoms with Crippen LogP contribution in [0.5, 0.6) is 0 Å². The molecule has 3 aromatic carbocycles. The van der Waals surface area contributed by atoms with E-state index in [0.717, 1.165) is 46.5 Å². The first kappa shape index (κ1) is 27.9. The number of pyridine rings is 1. The lowest BCUT2D eigenvalue weighted by molar-refractivity contribution is -0.116. The van der Waals surface area contributed by atoms with Crippen LogP contribution in [0.4, 0.5) is 26.4 Å². The number of amides is 2. The second-order valence-corrected chi connectivity index (χ2v) is 10.3. The van der Waals surface area contributed by atoms with E-state index < -0.39 is 11.8 Å². The van der Waals surface area contributed by atoms with E-state index in [2.05, 4.69) is 32.7 Å². The van der Waals surface area contributed by atoms with E-state index in [1.807, 2.05) is 36.5 Å². The summed E-state index contributed by atoms with van der Waals surface area (Å²) in [4.78, 5) is 40.2. The van der Waals surface area contributed by atoms with Gasteiger partial charge in [-0.1, -0.05) is 18.2 Å². The van der Waals surface area contributed by atoms with E-state index in [9.17, 15) is 14.0 Å². The van der Waals surface area contributed by atoms with Crippen LogP contribution in [0.25, 0.3) is 33.4 Å². The molecular weight excluding hydrogens is 547 g/mol. The Labute approximate surface area is 247 Å². The number of ether oxygens (including phenoxy) is 1. The van der Waals surface area contributed by atoms with Crippen molar-refractivity contribution < 1.29 is 18.7 Å². The molecule has 1 fully saturated rings. The number of benzene rings is 3. The molecule has 43 heavy (non-hydrogen) atoms. The maximum Gasteiger partial charge on any atom is 0.323 e. The number of halogens is 1. The molecule has 2 amide bonds. The molecule has 1 aliphatic heterocycles. The van der Waals surface area contributed by atoms with E-state index in [-0.39, 0.29) is 17.9 Å². The van der Waals surface area contributed by atoms with Crippen LogP contribution >= 0.6 is 0 Å². The van der Waals surface area contributed by atoms with Crippen molar-refractivity contribution in [1.82, 2.24) is 15.0 Å². The highest BCUT2D eigenvalue weighted by atomic mass is 19.1. The molecule has 216 valence electrons. The monoisotopic (exact) mass is 576 g/mol. The number of urea groups is 1. The Kier molecular flexibility index (Phi) is 8.01. The lowest BCUT2D eigenvalue weighted by Gasteiger charge is -2.29. The van der Waals surface area contributed by atoms with E-state index in [4.69, 9.17) is 14.7 Å². The first-order valence-corrected chi connectivity index (χ1v) is 13.9. The smallest absolute Gasteiger partial charge is 0.323 e.